The Morgan fingerprint density at radius 3 is 2.57 bits per heavy atom. The van der Waals surface area contributed by atoms with Crippen LogP contribution in [0.25, 0.3) is 0 Å². The molecule has 0 spiro atoms. The zero-order valence-electron chi connectivity index (χ0n) is 14.5. The van der Waals surface area contributed by atoms with E-state index in [-0.39, 0.29) is 6.03 Å². The van der Waals surface area contributed by atoms with Gasteiger partial charge in [-0.15, -0.1) is 0 Å². The van der Waals surface area contributed by atoms with Crippen LogP contribution in [0.15, 0.2) is 24.4 Å². The van der Waals surface area contributed by atoms with Crippen LogP contribution in [-0.2, 0) is 6.54 Å². The lowest BCUT2D eigenvalue weighted by atomic mass is 10.0. The molecule has 2 rings (SSSR count). The second-order valence-electron chi connectivity index (χ2n) is 6.54. The number of piperazine rings is 1. The highest BCUT2D eigenvalue weighted by molar-refractivity contribution is 5.73. The summed E-state index contributed by atoms with van der Waals surface area (Å²) < 4.78 is 0. The van der Waals surface area contributed by atoms with Crippen LogP contribution in [-0.4, -0.2) is 66.6 Å². The molecular weight excluding hydrogens is 290 g/mol. The number of amides is 2. The van der Waals surface area contributed by atoms with E-state index in [0.717, 1.165) is 31.9 Å². The van der Waals surface area contributed by atoms with Crippen molar-refractivity contribution in [3.05, 3.63) is 30.1 Å². The topological polar surface area (TPSA) is 60.5 Å². The second-order valence-corrected chi connectivity index (χ2v) is 6.54. The third-order valence-electron chi connectivity index (χ3n) is 4.40. The lowest BCUT2D eigenvalue weighted by Crippen LogP contribution is -2.54. The van der Waals surface area contributed by atoms with Gasteiger partial charge in [0, 0.05) is 45.0 Å². The summed E-state index contributed by atoms with van der Waals surface area (Å²) >= 11 is 0. The van der Waals surface area contributed by atoms with Crippen molar-refractivity contribution in [1.82, 2.24) is 25.4 Å². The molecular formula is C17H29N5O. The summed E-state index contributed by atoms with van der Waals surface area (Å²) in [5, 5.41) is 5.87. The van der Waals surface area contributed by atoms with E-state index in [1.54, 1.807) is 6.20 Å². The molecule has 1 aromatic heterocycles. The fraction of sp³-hybridized carbons (Fsp3) is 0.647. The van der Waals surface area contributed by atoms with E-state index >= 15 is 0 Å². The molecule has 1 fully saturated rings. The molecule has 1 aliphatic rings. The van der Waals surface area contributed by atoms with Crippen LogP contribution in [0.2, 0.25) is 0 Å². The van der Waals surface area contributed by atoms with Crippen molar-refractivity contribution in [3.63, 3.8) is 0 Å². The van der Waals surface area contributed by atoms with E-state index in [1.165, 1.54) is 0 Å². The first kappa shape index (κ1) is 17.7. The van der Waals surface area contributed by atoms with Crippen molar-refractivity contribution in [2.24, 2.45) is 5.92 Å². The summed E-state index contributed by atoms with van der Waals surface area (Å²) in [4.78, 5) is 21.0. The maximum atomic E-state index is 12.0. The molecule has 23 heavy (non-hydrogen) atoms. The Labute approximate surface area is 139 Å². The van der Waals surface area contributed by atoms with Gasteiger partial charge < -0.3 is 15.5 Å². The first-order valence-corrected chi connectivity index (χ1v) is 8.40. The summed E-state index contributed by atoms with van der Waals surface area (Å²) in [6.07, 6.45) is 1.73. The fourth-order valence-corrected chi connectivity index (χ4v) is 2.87. The number of nitrogens with zero attached hydrogens (tertiary/aromatic N) is 3. The van der Waals surface area contributed by atoms with Gasteiger partial charge >= 0.3 is 6.03 Å². The molecule has 0 bridgehead atoms. The van der Waals surface area contributed by atoms with Crippen molar-refractivity contribution in [1.29, 1.82) is 0 Å². The predicted octanol–water partition coefficient (Wildman–Crippen LogP) is 1.15. The van der Waals surface area contributed by atoms with Crippen molar-refractivity contribution in [2.45, 2.75) is 26.4 Å². The monoisotopic (exact) mass is 319 g/mol. The SMILES string of the molecule is CC(C)[C@@H](CNC(=O)NCc1ccccn1)N1CCN(C)CC1. The molecule has 6 nitrogen and oxygen atoms in total. The van der Waals surface area contributed by atoms with E-state index in [0.29, 0.717) is 25.0 Å². The highest BCUT2D eigenvalue weighted by atomic mass is 16.2. The Hall–Kier alpha value is -1.66. The lowest BCUT2D eigenvalue weighted by molar-refractivity contribution is 0.0887. The van der Waals surface area contributed by atoms with Crippen molar-refractivity contribution < 1.29 is 4.79 Å². The minimum atomic E-state index is -0.129. The number of nitrogens with one attached hydrogen (secondary N) is 2. The third kappa shape index (κ3) is 5.80. The predicted molar refractivity (Wildman–Crippen MR) is 92.2 cm³/mol. The van der Waals surface area contributed by atoms with Crippen LogP contribution < -0.4 is 10.6 Å². The number of pyridine rings is 1. The molecule has 128 valence electrons. The van der Waals surface area contributed by atoms with E-state index in [2.05, 4.69) is 46.3 Å². The number of hydrogen-bond donors (Lipinski definition) is 2. The number of urea groups is 1. The molecule has 2 amide bonds. The van der Waals surface area contributed by atoms with Gasteiger partial charge in [-0.25, -0.2) is 4.79 Å². The van der Waals surface area contributed by atoms with Crippen LogP contribution in [0, 0.1) is 5.92 Å². The van der Waals surface area contributed by atoms with Crippen LogP contribution in [0.4, 0.5) is 4.79 Å². The smallest absolute Gasteiger partial charge is 0.315 e. The Morgan fingerprint density at radius 1 is 1.22 bits per heavy atom. The summed E-state index contributed by atoms with van der Waals surface area (Å²) in [6.45, 7) is 9.88. The van der Waals surface area contributed by atoms with E-state index in [9.17, 15) is 4.79 Å². The number of carbonyl (C=O) groups is 1. The Morgan fingerprint density at radius 2 is 1.96 bits per heavy atom. The molecule has 2 heterocycles. The minimum absolute atomic E-state index is 0.129. The average molecular weight is 319 g/mol. The van der Waals surface area contributed by atoms with E-state index in [1.807, 2.05) is 18.2 Å². The number of rotatable bonds is 6. The van der Waals surface area contributed by atoms with Crippen LogP contribution in [0.1, 0.15) is 19.5 Å². The maximum absolute atomic E-state index is 12.0. The number of carbonyl (C=O) groups excluding carboxylic acids is 1. The molecule has 6 heteroatoms. The molecule has 2 N–H and O–H groups in total. The third-order valence-corrected chi connectivity index (χ3v) is 4.40. The van der Waals surface area contributed by atoms with Gasteiger partial charge in [0.1, 0.15) is 0 Å². The lowest BCUT2D eigenvalue weighted by Gasteiger charge is -2.39. The van der Waals surface area contributed by atoms with Gasteiger partial charge in [0.2, 0.25) is 0 Å². The van der Waals surface area contributed by atoms with Gasteiger partial charge in [0.05, 0.1) is 12.2 Å². The van der Waals surface area contributed by atoms with Crippen LogP contribution >= 0.6 is 0 Å². The quantitative estimate of drug-likeness (QED) is 0.826. The van der Waals surface area contributed by atoms with Gasteiger partial charge in [-0.3, -0.25) is 9.88 Å². The number of hydrogen-bond acceptors (Lipinski definition) is 4. The molecule has 0 aromatic carbocycles. The Bertz CT molecular complexity index is 471. The molecule has 1 aromatic rings. The molecule has 1 saturated heterocycles. The highest BCUT2D eigenvalue weighted by Crippen LogP contribution is 2.12. The largest absolute Gasteiger partial charge is 0.337 e. The molecule has 0 saturated carbocycles. The highest BCUT2D eigenvalue weighted by Gasteiger charge is 2.25. The normalized spacial score (nSPS) is 17.9. The van der Waals surface area contributed by atoms with Gasteiger partial charge in [0.25, 0.3) is 0 Å². The standard InChI is InChI=1S/C17H29N5O/c1-14(2)16(22-10-8-21(3)9-11-22)13-20-17(23)19-12-15-6-4-5-7-18-15/h4-7,14,16H,8-13H2,1-3H3,(H2,19,20,23)/t16-/m1/s1. The van der Waals surface area contributed by atoms with Gasteiger partial charge in [-0.2, -0.15) is 0 Å². The molecule has 0 unspecified atom stereocenters. The number of aromatic nitrogens is 1. The summed E-state index contributed by atoms with van der Waals surface area (Å²) in [5.74, 6) is 0.509. The first-order chi connectivity index (χ1) is 11.1. The molecule has 1 atom stereocenters. The zero-order chi connectivity index (χ0) is 16.7. The van der Waals surface area contributed by atoms with Crippen LogP contribution in [0.3, 0.4) is 0 Å². The number of likely N-dealkylation sites (N-methyl/N-ethyl adjacent to an activating group) is 1. The fourth-order valence-electron chi connectivity index (χ4n) is 2.87. The first-order valence-electron chi connectivity index (χ1n) is 8.40. The molecule has 0 radical (unpaired) electrons. The molecule has 0 aliphatic carbocycles. The van der Waals surface area contributed by atoms with Crippen molar-refractivity contribution >= 4 is 6.03 Å². The van der Waals surface area contributed by atoms with Gasteiger partial charge in [0.15, 0.2) is 0 Å². The van der Waals surface area contributed by atoms with Crippen molar-refractivity contribution in [2.75, 3.05) is 39.8 Å². The summed E-state index contributed by atoms with van der Waals surface area (Å²) in [6, 6.07) is 5.94. The van der Waals surface area contributed by atoms with E-state index in [4.69, 9.17) is 0 Å². The summed E-state index contributed by atoms with van der Waals surface area (Å²) in [7, 11) is 2.16. The Kier molecular flexibility index (Phi) is 6.80. The maximum Gasteiger partial charge on any atom is 0.315 e. The van der Waals surface area contributed by atoms with Gasteiger partial charge in [-0.1, -0.05) is 19.9 Å². The minimum Gasteiger partial charge on any atom is -0.337 e. The average Bonchev–Trinajstić information content (AvgIpc) is 2.55. The van der Waals surface area contributed by atoms with E-state index < -0.39 is 0 Å². The second kappa shape index (κ2) is 8.84. The van der Waals surface area contributed by atoms with Crippen LogP contribution in [0.5, 0.6) is 0 Å². The zero-order valence-corrected chi connectivity index (χ0v) is 14.5. The molecule has 1 aliphatic heterocycles. The summed E-state index contributed by atoms with van der Waals surface area (Å²) in [5.41, 5.74) is 0.863. The Balaban J connectivity index is 1.76. The van der Waals surface area contributed by atoms with Crippen molar-refractivity contribution in [3.8, 4) is 0 Å². The van der Waals surface area contributed by atoms with Gasteiger partial charge in [-0.05, 0) is 25.1 Å².